The zero-order valence-corrected chi connectivity index (χ0v) is 13.6. The first-order valence-corrected chi connectivity index (χ1v) is 7.43. The first-order chi connectivity index (χ1) is 9.63. The van der Waals surface area contributed by atoms with Crippen molar-refractivity contribution in [3.63, 3.8) is 0 Å². The van der Waals surface area contributed by atoms with Crippen LogP contribution in [0.2, 0.25) is 0 Å². The minimum atomic E-state index is -0.339. The summed E-state index contributed by atoms with van der Waals surface area (Å²) >= 11 is 8.30. The second kappa shape index (κ2) is 9.79. The van der Waals surface area contributed by atoms with Crippen LogP contribution in [0, 0.1) is 5.82 Å². The van der Waals surface area contributed by atoms with E-state index < -0.39 is 0 Å². The van der Waals surface area contributed by atoms with E-state index in [1.807, 2.05) is 6.92 Å². The molecule has 0 aromatic heterocycles. The molecule has 1 aromatic carbocycles. The van der Waals surface area contributed by atoms with Crippen LogP contribution >= 0.6 is 28.1 Å². The molecular weight excluding hydrogens is 345 g/mol. The standard InChI is InChI=1S/C13H17BrFN3OS/c1-2-19-7-3-6-16-13(20)18-17-9-10-8-11(14)4-5-12(10)15/h4-5,8-9H,2-3,6-7H2,1H3,(H2,16,18,20)/b17-9-. The van der Waals surface area contributed by atoms with Crippen LogP contribution < -0.4 is 10.7 Å². The van der Waals surface area contributed by atoms with Crippen molar-refractivity contribution in [2.45, 2.75) is 13.3 Å². The molecule has 0 aliphatic heterocycles. The number of halogens is 2. The van der Waals surface area contributed by atoms with Crippen LogP contribution in [0.3, 0.4) is 0 Å². The predicted octanol–water partition coefficient (Wildman–Crippen LogP) is 2.81. The van der Waals surface area contributed by atoms with Crippen molar-refractivity contribution in [3.05, 3.63) is 34.1 Å². The highest BCUT2D eigenvalue weighted by Gasteiger charge is 1.99. The van der Waals surface area contributed by atoms with Crippen molar-refractivity contribution in [3.8, 4) is 0 Å². The highest BCUT2D eigenvalue weighted by molar-refractivity contribution is 9.10. The van der Waals surface area contributed by atoms with Crippen molar-refractivity contribution >= 4 is 39.5 Å². The van der Waals surface area contributed by atoms with Gasteiger partial charge in [-0.15, -0.1) is 0 Å². The number of hydrogen-bond donors (Lipinski definition) is 2. The Kier molecular flexibility index (Phi) is 8.32. The SMILES string of the molecule is CCOCCCNC(=S)N/N=C\c1cc(Br)ccc1F. The summed E-state index contributed by atoms with van der Waals surface area (Å²) in [5.74, 6) is -0.339. The van der Waals surface area contributed by atoms with Gasteiger partial charge in [-0.2, -0.15) is 5.10 Å². The molecule has 7 heteroatoms. The van der Waals surface area contributed by atoms with Crippen LogP contribution in [-0.4, -0.2) is 31.1 Å². The fourth-order valence-electron chi connectivity index (χ4n) is 1.33. The molecule has 0 aliphatic carbocycles. The third-order valence-electron chi connectivity index (χ3n) is 2.28. The van der Waals surface area contributed by atoms with E-state index >= 15 is 0 Å². The molecule has 0 atom stereocenters. The highest BCUT2D eigenvalue weighted by Crippen LogP contribution is 2.13. The number of nitrogens with zero attached hydrogens (tertiary/aromatic N) is 1. The van der Waals surface area contributed by atoms with Crippen molar-refractivity contribution in [2.75, 3.05) is 19.8 Å². The van der Waals surface area contributed by atoms with Crippen molar-refractivity contribution in [1.82, 2.24) is 10.7 Å². The molecule has 0 amide bonds. The molecule has 1 aromatic rings. The Bertz CT molecular complexity index is 471. The Labute approximate surface area is 131 Å². The summed E-state index contributed by atoms with van der Waals surface area (Å²) < 4.78 is 19.4. The average Bonchev–Trinajstić information content (AvgIpc) is 2.42. The van der Waals surface area contributed by atoms with Crippen LogP contribution in [0.25, 0.3) is 0 Å². The molecule has 110 valence electrons. The average molecular weight is 362 g/mol. The quantitative estimate of drug-likeness (QED) is 0.339. The Balaban J connectivity index is 2.29. The number of ether oxygens (including phenoxy) is 1. The molecule has 20 heavy (non-hydrogen) atoms. The molecule has 0 radical (unpaired) electrons. The van der Waals surface area contributed by atoms with Gasteiger partial charge >= 0.3 is 0 Å². The molecular formula is C13H17BrFN3OS. The van der Waals surface area contributed by atoms with E-state index in [2.05, 4.69) is 31.8 Å². The lowest BCUT2D eigenvalue weighted by Gasteiger charge is -2.06. The number of hydrazone groups is 1. The zero-order chi connectivity index (χ0) is 14.8. The number of thiocarbonyl (C=S) groups is 1. The largest absolute Gasteiger partial charge is 0.382 e. The summed E-state index contributed by atoms with van der Waals surface area (Å²) in [6.45, 7) is 4.06. The molecule has 0 bridgehead atoms. The van der Waals surface area contributed by atoms with Gasteiger partial charge in [0.1, 0.15) is 5.82 Å². The number of rotatable bonds is 7. The molecule has 0 unspecified atom stereocenters. The summed E-state index contributed by atoms with van der Waals surface area (Å²) in [6, 6.07) is 4.64. The van der Waals surface area contributed by atoms with E-state index in [0.717, 1.165) is 10.9 Å². The van der Waals surface area contributed by atoms with Crippen molar-refractivity contribution in [2.24, 2.45) is 5.10 Å². The first-order valence-electron chi connectivity index (χ1n) is 6.23. The summed E-state index contributed by atoms with van der Waals surface area (Å²) in [6.07, 6.45) is 2.24. The molecule has 0 aliphatic rings. The van der Waals surface area contributed by atoms with Gasteiger partial charge in [0.25, 0.3) is 0 Å². The van der Waals surface area contributed by atoms with Crippen LogP contribution in [0.15, 0.2) is 27.8 Å². The number of nitrogens with one attached hydrogen (secondary N) is 2. The smallest absolute Gasteiger partial charge is 0.186 e. The second-order valence-corrected chi connectivity index (χ2v) is 5.17. The predicted molar refractivity (Wildman–Crippen MR) is 86.5 cm³/mol. The maximum absolute atomic E-state index is 13.4. The number of benzene rings is 1. The van der Waals surface area contributed by atoms with E-state index in [-0.39, 0.29) is 5.82 Å². The van der Waals surface area contributed by atoms with E-state index in [9.17, 15) is 4.39 Å². The third-order valence-corrected chi connectivity index (χ3v) is 3.01. The van der Waals surface area contributed by atoms with Gasteiger partial charge in [-0.1, -0.05) is 15.9 Å². The topological polar surface area (TPSA) is 45.6 Å². The molecule has 0 saturated heterocycles. The molecule has 1 rings (SSSR count). The maximum Gasteiger partial charge on any atom is 0.186 e. The Morgan fingerprint density at radius 1 is 1.55 bits per heavy atom. The summed E-state index contributed by atoms with van der Waals surface area (Å²) in [5, 5.41) is 7.26. The van der Waals surface area contributed by atoms with E-state index in [4.69, 9.17) is 17.0 Å². The maximum atomic E-state index is 13.4. The second-order valence-electron chi connectivity index (χ2n) is 3.84. The van der Waals surface area contributed by atoms with Gasteiger partial charge < -0.3 is 10.1 Å². The van der Waals surface area contributed by atoms with Gasteiger partial charge in [-0.3, -0.25) is 5.43 Å². The lowest BCUT2D eigenvalue weighted by Crippen LogP contribution is -2.33. The minimum absolute atomic E-state index is 0.339. The van der Waals surface area contributed by atoms with E-state index in [1.54, 1.807) is 12.1 Å². The molecule has 0 spiro atoms. The fraction of sp³-hybridized carbons (Fsp3) is 0.385. The highest BCUT2D eigenvalue weighted by atomic mass is 79.9. The van der Waals surface area contributed by atoms with Crippen LogP contribution in [0.1, 0.15) is 18.9 Å². The van der Waals surface area contributed by atoms with Crippen molar-refractivity contribution in [1.29, 1.82) is 0 Å². The summed E-state index contributed by atoms with van der Waals surface area (Å²) in [4.78, 5) is 0. The molecule has 0 saturated carbocycles. The monoisotopic (exact) mass is 361 g/mol. The molecule has 4 nitrogen and oxygen atoms in total. The van der Waals surface area contributed by atoms with Crippen LogP contribution in [0.5, 0.6) is 0 Å². The van der Waals surface area contributed by atoms with Gasteiger partial charge in [0.2, 0.25) is 0 Å². The fourth-order valence-corrected chi connectivity index (χ4v) is 1.87. The molecule has 2 N–H and O–H groups in total. The van der Waals surface area contributed by atoms with Gasteiger partial charge in [-0.25, -0.2) is 4.39 Å². The van der Waals surface area contributed by atoms with E-state index in [1.165, 1.54) is 12.3 Å². The summed E-state index contributed by atoms with van der Waals surface area (Å²) in [5.41, 5.74) is 3.02. The van der Waals surface area contributed by atoms with Crippen LogP contribution in [0.4, 0.5) is 4.39 Å². The third kappa shape index (κ3) is 6.93. The molecule has 0 heterocycles. The first kappa shape index (κ1) is 17.0. The van der Waals surface area contributed by atoms with Crippen molar-refractivity contribution < 1.29 is 9.13 Å². The lowest BCUT2D eigenvalue weighted by atomic mass is 10.2. The zero-order valence-electron chi connectivity index (χ0n) is 11.2. The van der Waals surface area contributed by atoms with Gasteiger partial charge in [0.15, 0.2) is 5.11 Å². The van der Waals surface area contributed by atoms with Gasteiger partial charge in [0.05, 0.1) is 6.21 Å². The minimum Gasteiger partial charge on any atom is -0.382 e. The van der Waals surface area contributed by atoms with Gasteiger partial charge in [-0.05, 0) is 43.8 Å². The van der Waals surface area contributed by atoms with Crippen LogP contribution in [-0.2, 0) is 4.74 Å². The Morgan fingerprint density at radius 3 is 3.10 bits per heavy atom. The normalized spacial score (nSPS) is 10.8. The summed E-state index contributed by atoms with van der Waals surface area (Å²) in [7, 11) is 0. The molecule has 0 fully saturated rings. The van der Waals surface area contributed by atoms with Gasteiger partial charge in [0, 0.05) is 29.8 Å². The lowest BCUT2D eigenvalue weighted by molar-refractivity contribution is 0.145. The Morgan fingerprint density at radius 2 is 2.35 bits per heavy atom. The Hall–Kier alpha value is -1.05. The number of hydrogen-bond acceptors (Lipinski definition) is 3. The van der Waals surface area contributed by atoms with E-state index in [0.29, 0.717) is 30.4 Å².